The van der Waals surface area contributed by atoms with Crippen LogP contribution in [0.3, 0.4) is 0 Å². The Bertz CT molecular complexity index is 1320. The van der Waals surface area contributed by atoms with Gasteiger partial charge in [-0.1, -0.05) is 31.2 Å². The number of hydrogen-bond donors (Lipinski definition) is 3. The molecule has 0 aliphatic carbocycles. The maximum atomic E-state index is 13.9. The molecule has 4 rings (SSSR count). The molecular weight excluding hydrogens is 514 g/mol. The van der Waals surface area contributed by atoms with Gasteiger partial charge in [0.2, 0.25) is 0 Å². The molecule has 3 N–H and O–H groups in total. The van der Waals surface area contributed by atoms with Gasteiger partial charge in [-0.2, -0.15) is 0 Å². The van der Waals surface area contributed by atoms with Gasteiger partial charge >= 0.3 is 0 Å². The molecule has 212 valence electrons. The number of hydrogen-bond acceptors (Lipinski definition) is 5. The van der Waals surface area contributed by atoms with Gasteiger partial charge in [0.1, 0.15) is 17.3 Å². The van der Waals surface area contributed by atoms with E-state index in [-0.39, 0.29) is 30.1 Å². The predicted octanol–water partition coefficient (Wildman–Crippen LogP) is 3.96. The van der Waals surface area contributed by atoms with Crippen LogP contribution < -0.4 is 10.6 Å². The Hall–Kier alpha value is -3.69. The first-order valence-electron chi connectivity index (χ1n) is 13.7. The Morgan fingerprint density at radius 1 is 1.00 bits per heavy atom. The van der Waals surface area contributed by atoms with E-state index < -0.39 is 29.7 Å². The highest BCUT2D eigenvalue weighted by Gasteiger charge is 2.25. The summed E-state index contributed by atoms with van der Waals surface area (Å²) in [5, 5.41) is 17.1. The van der Waals surface area contributed by atoms with Gasteiger partial charge in [-0.05, 0) is 73.6 Å². The van der Waals surface area contributed by atoms with Crippen LogP contribution in [0.4, 0.5) is 8.78 Å². The van der Waals surface area contributed by atoms with Gasteiger partial charge in [-0.3, -0.25) is 9.59 Å². The van der Waals surface area contributed by atoms with Crippen molar-refractivity contribution in [3.8, 4) is 0 Å². The van der Waals surface area contributed by atoms with Crippen LogP contribution in [0.2, 0.25) is 0 Å². The van der Waals surface area contributed by atoms with Crippen molar-refractivity contribution in [3.05, 3.63) is 99.9 Å². The molecule has 1 aromatic heterocycles. The number of aliphatic hydroxyl groups excluding tert-OH is 1. The lowest BCUT2D eigenvalue weighted by Crippen LogP contribution is -2.48. The summed E-state index contributed by atoms with van der Waals surface area (Å²) >= 11 is 0. The van der Waals surface area contributed by atoms with Crippen LogP contribution in [0.15, 0.2) is 54.6 Å². The number of benzene rings is 2. The normalized spacial score (nSPS) is 14.7. The summed E-state index contributed by atoms with van der Waals surface area (Å²) in [4.78, 5) is 32.3. The molecule has 0 saturated carbocycles. The van der Waals surface area contributed by atoms with Gasteiger partial charge in [-0.25, -0.2) is 13.8 Å². The van der Waals surface area contributed by atoms with E-state index in [1.165, 1.54) is 23.8 Å². The van der Waals surface area contributed by atoms with Gasteiger partial charge in [0.05, 0.1) is 12.1 Å². The molecule has 0 spiro atoms. The van der Waals surface area contributed by atoms with Gasteiger partial charge < -0.3 is 20.6 Å². The number of carbonyl (C=O) groups excluding carboxylic acids is 2. The second-order valence-corrected chi connectivity index (χ2v) is 10.3. The van der Waals surface area contributed by atoms with Crippen LogP contribution >= 0.6 is 0 Å². The molecule has 7 nitrogen and oxygen atoms in total. The molecule has 1 aliphatic rings. The highest BCUT2D eigenvalue weighted by atomic mass is 19.1. The molecule has 1 fully saturated rings. The molecule has 2 atom stereocenters. The summed E-state index contributed by atoms with van der Waals surface area (Å²) in [5.41, 5.74) is 3.48. The first-order valence-corrected chi connectivity index (χ1v) is 13.7. The zero-order valence-corrected chi connectivity index (χ0v) is 22.9. The molecule has 40 heavy (non-hydrogen) atoms. The first kappa shape index (κ1) is 29.3. The molecule has 1 aliphatic heterocycles. The smallest absolute Gasteiger partial charge is 0.272 e. The quantitative estimate of drug-likeness (QED) is 0.336. The summed E-state index contributed by atoms with van der Waals surface area (Å²) in [6.45, 7) is 5.73. The average molecular weight is 551 g/mol. The number of aromatic nitrogens is 1. The van der Waals surface area contributed by atoms with Crippen LogP contribution in [-0.2, 0) is 19.4 Å². The topological polar surface area (TPSA) is 94.6 Å². The van der Waals surface area contributed by atoms with Crippen molar-refractivity contribution in [2.45, 2.75) is 58.2 Å². The van der Waals surface area contributed by atoms with Crippen LogP contribution in [-0.4, -0.2) is 58.6 Å². The standard InChI is InChI=1S/C31H36F2N4O3/c1-3-21-7-6-8-22(12-21)18-34-19-29(38)27(15-23-13-25(32)17-26(33)14-23)36-30(39)24-11-20(2)35-28(16-24)31(40)37-9-4-5-10-37/h6-8,11-14,16-17,27,29,34,38H,3-5,9-10,15,18-19H2,1-2H3,(H,36,39)/t27-,29+/m0/s1. The summed E-state index contributed by atoms with van der Waals surface area (Å²) in [6.07, 6.45) is 1.71. The number of aryl methyl sites for hydroxylation is 2. The molecular formula is C31H36F2N4O3. The van der Waals surface area contributed by atoms with E-state index in [1.807, 2.05) is 18.2 Å². The van der Waals surface area contributed by atoms with E-state index in [1.54, 1.807) is 17.9 Å². The molecule has 2 heterocycles. The van der Waals surface area contributed by atoms with Crippen molar-refractivity contribution in [2.75, 3.05) is 19.6 Å². The number of nitrogens with zero attached hydrogens (tertiary/aromatic N) is 2. The number of halogens is 2. The van der Waals surface area contributed by atoms with Gasteiger partial charge in [0, 0.05) is 43.5 Å². The Balaban J connectivity index is 1.50. The van der Waals surface area contributed by atoms with Gasteiger partial charge in [0.15, 0.2) is 0 Å². The highest BCUT2D eigenvalue weighted by molar-refractivity contribution is 5.99. The summed E-state index contributed by atoms with van der Waals surface area (Å²) in [7, 11) is 0. The van der Waals surface area contributed by atoms with E-state index in [2.05, 4.69) is 28.6 Å². The van der Waals surface area contributed by atoms with Crippen LogP contribution in [0, 0.1) is 18.6 Å². The Morgan fingerprint density at radius 3 is 2.40 bits per heavy atom. The molecule has 3 aromatic rings. The first-order chi connectivity index (χ1) is 19.2. The van der Waals surface area contributed by atoms with E-state index in [4.69, 9.17) is 0 Å². The SMILES string of the molecule is CCc1cccc(CNC[C@@H](O)[C@H](Cc2cc(F)cc(F)c2)NC(=O)c2cc(C)nc(C(=O)N3CCCC3)c2)c1. The maximum Gasteiger partial charge on any atom is 0.272 e. The van der Waals surface area contributed by atoms with Crippen molar-refractivity contribution in [2.24, 2.45) is 0 Å². The summed E-state index contributed by atoms with van der Waals surface area (Å²) < 4.78 is 27.8. The van der Waals surface area contributed by atoms with Crippen LogP contribution in [0.1, 0.15) is 63.0 Å². The Morgan fingerprint density at radius 2 is 1.70 bits per heavy atom. The molecule has 1 saturated heterocycles. The van der Waals surface area contributed by atoms with Crippen LogP contribution in [0.25, 0.3) is 0 Å². The summed E-state index contributed by atoms with van der Waals surface area (Å²) in [5.74, 6) is -2.22. The zero-order chi connectivity index (χ0) is 28.6. The summed E-state index contributed by atoms with van der Waals surface area (Å²) in [6, 6.07) is 13.4. The molecule has 0 bridgehead atoms. The fraction of sp³-hybridized carbons (Fsp3) is 0.387. The minimum Gasteiger partial charge on any atom is -0.390 e. The fourth-order valence-corrected chi connectivity index (χ4v) is 4.98. The number of likely N-dealkylation sites (tertiary alicyclic amines) is 1. The third-order valence-corrected chi connectivity index (χ3v) is 7.07. The number of aliphatic hydroxyl groups is 1. The fourth-order valence-electron chi connectivity index (χ4n) is 4.98. The predicted molar refractivity (Wildman–Crippen MR) is 149 cm³/mol. The number of carbonyl (C=O) groups is 2. The van der Waals surface area contributed by atoms with Crippen molar-refractivity contribution in [3.63, 3.8) is 0 Å². The number of rotatable bonds is 11. The van der Waals surface area contributed by atoms with E-state index in [0.29, 0.717) is 30.9 Å². The third-order valence-electron chi connectivity index (χ3n) is 7.07. The molecule has 0 unspecified atom stereocenters. The number of nitrogens with one attached hydrogen (secondary N) is 2. The molecule has 9 heteroatoms. The maximum absolute atomic E-state index is 13.9. The van der Waals surface area contributed by atoms with E-state index in [0.717, 1.165) is 30.9 Å². The molecule has 2 amide bonds. The van der Waals surface area contributed by atoms with Crippen LogP contribution in [0.5, 0.6) is 0 Å². The Kier molecular flexibility index (Phi) is 9.95. The van der Waals surface area contributed by atoms with Gasteiger partial charge in [-0.15, -0.1) is 0 Å². The average Bonchev–Trinajstić information content (AvgIpc) is 3.46. The van der Waals surface area contributed by atoms with Crippen molar-refractivity contribution in [1.29, 1.82) is 0 Å². The van der Waals surface area contributed by atoms with E-state index in [9.17, 15) is 23.5 Å². The van der Waals surface area contributed by atoms with Gasteiger partial charge in [0.25, 0.3) is 11.8 Å². The number of pyridine rings is 1. The lowest BCUT2D eigenvalue weighted by atomic mass is 10.00. The Labute approximate surface area is 233 Å². The lowest BCUT2D eigenvalue weighted by molar-refractivity contribution is 0.0786. The second-order valence-electron chi connectivity index (χ2n) is 10.3. The highest BCUT2D eigenvalue weighted by Crippen LogP contribution is 2.16. The zero-order valence-electron chi connectivity index (χ0n) is 22.9. The van der Waals surface area contributed by atoms with Crippen molar-refractivity contribution in [1.82, 2.24) is 20.5 Å². The minimum absolute atomic E-state index is 0.00177. The molecule has 2 aromatic carbocycles. The minimum atomic E-state index is -1.07. The van der Waals surface area contributed by atoms with E-state index >= 15 is 0 Å². The number of amides is 2. The largest absolute Gasteiger partial charge is 0.390 e. The lowest BCUT2D eigenvalue weighted by Gasteiger charge is -2.25. The molecule has 0 radical (unpaired) electrons. The monoisotopic (exact) mass is 550 g/mol. The third kappa shape index (κ3) is 7.92. The van der Waals surface area contributed by atoms with Crippen molar-refractivity contribution >= 4 is 11.8 Å². The van der Waals surface area contributed by atoms with Crippen molar-refractivity contribution < 1.29 is 23.5 Å². The second kappa shape index (κ2) is 13.6.